The SMILES string of the molecule is CCCc1ccc(OCCNC(=O)CN2c3ccc(C(C)C)cc3-c3ccccc3S2(=O)=O)cc1. The van der Waals surface area contributed by atoms with Crippen LogP contribution in [0.1, 0.15) is 44.2 Å². The Labute approximate surface area is 208 Å². The smallest absolute Gasteiger partial charge is 0.265 e. The van der Waals surface area contributed by atoms with Gasteiger partial charge in [-0.3, -0.25) is 9.10 Å². The molecule has 0 fully saturated rings. The van der Waals surface area contributed by atoms with Gasteiger partial charge in [0.2, 0.25) is 5.91 Å². The van der Waals surface area contributed by atoms with E-state index >= 15 is 0 Å². The van der Waals surface area contributed by atoms with Crippen LogP contribution in [0.5, 0.6) is 5.75 Å². The van der Waals surface area contributed by atoms with Gasteiger partial charge in [-0.2, -0.15) is 0 Å². The van der Waals surface area contributed by atoms with E-state index < -0.39 is 10.0 Å². The monoisotopic (exact) mass is 492 g/mol. The molecule has 0 spiro atoms. The standard InChI is InChI=1S/C28H32N2O4S/c1-4-7-21-10-13-23(14-11-21)34-17-16-29-28(31)19-30-26-15-12-22(20(2)3)18-25(26)24-8-5-6-9-27(24)35(30,32)33/h5-6,8-15,18,20H,4,7,16-17,19H2,1-3H3,(H,29,31). The summed E-state index contributed by atoms with van der Waals surface area (Å²) >= 11 is 0. The number of benzene rings is 3. The number of amides is 1. The Bertz CT molecular complexity index is 1300. The van der Waals surface area contributed by atoms with Crippen LogP contribution in [-0.2, 0) is 21.2 Å². The second-order valence-electron chi connectivity index (χ2n) is 9.03. The molecule has 1 aliphatic rings. The van der Waals surface area contributed by atoms with Gasteiger partial charge in [0.25, 0.3) is 10.0 Å². The van der Waals surface area contributed by atoms with Crippen LogP contribution in [0.15, 0.2) is 71.6 Å². The molecule has 0 unspecified atom stereocenters. The average Bonchev–Trinajstić information content (AvgIpc) is 2.85. The third-order valence-electron chi connectivity index (χ3n) is 6.14. The fourth-order valence-electron chi connectivity index (χ4n) is 4.27. The summed E-state index contributed by atoms with van der Waals surface area (Å²) in [5.74, 6) is 0.656. The quantitative estimate of drug-likeness (QED) is 0.420. The van der Waals surface area contributed by atoms with Gasteiger partial charge in [-0.15, -0.1) is 0 Å². The Morgan fingerprint density at radius 1 is 1.00 bits per heavy atom. The van der Waals surface area contributed by atoms with Gasteiger partial charge < -0.3 is 10.1 Å². The van der Waals surface area contributed by atoms with Crippen LogP contribution in [0.25, 0.3) is 11.1 Å². The van der Waals surface area contributed by atoms with E-state index in [1.807, 2.05) is 48.5 Å². The van der Waals surface area contributed by atoms with Gasteiger partial charge >= 0.3 is 0 Å². The van der Waals surface area contributed by atoms with E-state index in [4.69, 9.17) is 4.74 Å². The summed E-state index contributed by atoms with van der Waals surface area (Å²) in [5, 5.41) is 2.78. The maximum absolute atomic E-state index is 13.4. The van der Waals surface area contributed by atoms with Crippen LogP contribution >= 0.6 is 0 Å². The number of hydrogen-bond acceptors (Lipinski definition) is 4. The van der Waals surface area contributed by atoms with Crippen molar-refractivity contribution in [1.82, 2.24) is 5.32 Å². The van der Waals surface area contributed by atoms with Crippen LogP contribution in [0, 0.1) is 0 Å². The molecule has 6 nitrogen and oxygen atoms in total. The fourth-order valence-corrected chi connectivity index (χ4v) is 5.91. The zero-order valence-corrected chi connectivity index (χ0v) is 21.3. The molecule has 0 radical (unpaired) electrons. The number of sulfonamides is 1. The van der Waals surface area contributed by atoms with Crippen molar-refractivity contribution in [3.05, 3.63) is 77.9 Å². The van der Waals surface area contributed by atoms with Crippen molar-refractivity contribution in [2.24, 2.45) is 0 Å². The van der Waals surface area contributed by atoms with Crippen LogP contribution in [-0.4, -0.2) is 34.0 Å². The molecule has 0 bridgehead atoms. The van der Waals surface area contributed by atoms with Crippen LogP contribution in [0.4, 0.5) is 5.69 Å². The molecule has 0 saturated carbocycles. The molecule has 1 amide bonds. The molecule has 1 N–H and O–H groups in total. The normalized spacial score (nSPS) is 13.8. The lowest BCUT2D eigenvalue weighted by Crippen LogP contribution is -2.43. The van der Waals surface area contributed by atoms with Gasteiger partial charge in [0.1, 0.15) is 18.9 Å². The maximum Gasteiger partial charge on any atom is 0.265 e. The molecular formula is C28H32N2O4S. The zero-order chi connectivity index (χ0) is 25.0. The number of anilines is 1. The Hall–Kier alpha value is -3.32. The number of ether oxygens (including phenoxy) is 1. The second-order valence-corrected chi connectivity index (χ2v) is 10.9. The fraction of sp³-hybridized carbons (Fsp3) is 0.321. The van der Waals surface area contributed by atoms with E-state index in [1.165, 1.54) is 9.87 Å². The number of nitrogens with zero attached hydrogens (tertiary/aromatic N) is 1. The number of aryl methyl sites for hydroxylation is 1. The first-order valence-corrected chi connectivity index (χ1v) is 13.5. The Morgan fingerprint density at radius 3 is 2.46 bits per heavy atom. The van der Waals surface area contributed by atoms with Gasteiger partial charge in [-0.05, 0) is 53.8 Å². The molecule has 0 aliphatic carbocycles. The summed E-state index contributed by atoms with van der Waals surface area (Å²) in [6, 6.07) is 20.6. The highest BCUT2D eigenvalue weighted by Crippen LogP contribution is 2.43. The number of nitrogens with one attached hydrogen (secondary N) is 1. The van der Waals surface area contributed by atoms with Gasteiger partial charge in [-0.1, -0.05) is 63.6 Å². The van der Waals surface area contributed by atoms with Crippen molar-refractivity contribution in [3.8, 4) is 16.9 Å². The van der Waals surface area contributed by atoms with E-state index in [2.05, 4.69) is 26.1 Å². The summed E-state index contributed by atoms with van der Waals surface area (Å²) in [4.78, 5) is 13.0. The van der Waals surface area contributed by atoms with Crippen molar-refractivity contribution in [2.45, 2.75) is 44.4 Å². The molecule has 4 rings (SSSR count). The first-order chi connectivity index (χ1) is 16.8. The zero-order valence-electron chi connectivity index (χ0n) is 20.5. The van der Waals surface area contributed by atoms with Crippen LogP contribution in [0.3, 0.4) is 0 Å². The van der Waals surface area contributed by atoms with Gasteiger partial charge in [0, 0.05) is 11.1 Å². The first kappa shape index (κ1) is 24.8. The molecule has 1 heterocycles. The minimum absolute atomic E-state index is 0.219. The molecule has 184 valence electrons. The number of fused-ring (bicyclic) bond motifs is 3. The topological polar surface area (TPSA) is 75.7 Å². The predicted molar refractivity (Wildman–Crippen MR) is 139 cm³/mol. The summed E-state index contributed by atoms with van der Waals surface area (Å²) < 4.78 is 33.8. The summed E-state index contributed by atoms with van der Waals surface area (Å²) in [6.45, 7) is 6.61. The molecule has 0 atom stereocenters. The number of carbonyl (C=O) groups excluding carboxylic acids is 1. The minimum atomic E-state index is -3.87. The first-order valence-electron chi connectivity index (χ1n) is 12.1. The molecule has 3 aromatic rings. The summed E-state index contributed by atoms with van der Waals surface area (Å²) in [6.07, 6.45) is 2.12. The van der Waals surface area contributed by atoms with E-state index in [0.717, 1.165) is 29.7 Å². The van der Waals surface area contributed by atoms with Gasteiger partial charge in [0.05, 0.1) is 17.1 Å². The average molecular weight is 493 g/mol. The highest BCUT2D eigenvalue weighted by molar-refractivity contribution is 7.93. The van der Waals surface area contributed by atoms with Crippen molar-refractivity contribution in [3.63, 3.8) is 0 Å². The molecule has 35 heavy (non-hydrogen) atoms. The van der Waals surface area contributed by atoms with E-state index in [0.29, 0.717) is 23.8 Å². The van der Waals surface area contributed by atoms with Crippen molar-refractivity contribution < 1.29 is 17.9 Å². The second kappa shape index (κ2) is 10.5. The molecule has 1 aliphatic heterocycles. The Balaban J connectivity index is 1.45. The lowest BCUT2D eigenvalue weighted by molar-refractivity contribution is -0.119. The van der Waals surface area contributed by atoms with Gasteiger partial charge in [0.15, 0.2) is 0 Å². The summed E-state index contributed by atoms with van der Waals surface area (Å²) in [7, 11) is -3.87. The van der Waals surface area contributed by atoms with Crippen molar-refractivity contribution in [2.75, 3.05) is 24.0 Å². The maximum atomic E-state index is 13.4. The van der Waals surface area contributed by atoms with Gasteiger partial charge in [-0.25, -0.2) is 8.42 Å². The number of hydrogen-bond donors (Lipinski definition) is 1. The molecular weight excluding hydrogens is 460 g/mol. The third-order valence-corrected chi connectivity index (χ3v) is 7.96. The number of carbonyl (C=O) groups is 1. The minimum Gasteiger partial charge on any atom is -0.492 e. The number of rotatable bonds is 9. The molecule has 0 saturated heterocycles. The molecule has 0 aromatic heterocycles. The van der Waals surface area contributed by atoms with Crippen LogP contribution < -0.4 is 14.4 Å². The predicted octanol–water partition coefficient (Wildman–Crippen LogP) is 5.13. The van der Waals surface area contributed by atoms with Crippen molar-refractivity contribution in [1.29, 1.82) is 0 Å². The van der Waals surface area contributed by atoms with Crippen LogP contribution in [0.2, 0.25) is 0 Å². The van der Waals surface area contributed by atoms with E-state index in [-0.39, 0.29) is 23.9 Å². The third kappa shape index (κ3) is 5.35. The largest absolute Gasteiger partial charge is 0.492 e. The molecule has 7 heteroatoms. The lowest BCUT2D eigenvalue weighted by Gasteiger charge is -2.32. The highest BCUT2D eigenvalue weighted by atomic mass is 32.2. The van der Waals surface area contributed by atoms with Crippen molar-refractivity contribution >= 4 is 21.6 Å². The van der Waals surface area contributed by atoms with E-state index in [9.17, 15) is 13.2 Å². The Morgan fingerprint density at radius 2 is 1.74 bits per heavy atom. The van der Waals surface area contributed by atoms with E-state index in [1.54, 1.807) is 18.2 Å². The summed E-state index contributed by atoms with van der Waals surface area (Å²) in [5.41, 5.74) is 4.39. The Kier molecular flexibility index (Phi) is 7.45. The lowest BCUT2D eigenvalue weighted by atomic mass is 9.95. The highest BCUT2D eigenvalue weighted by Gasteiger charge is 2.36. The molecule has 3 aromatic carbocycles.